The Morgan fingerprint density at radius 2 is 2.07 bits per heavy atom. The number of alkyl halides is 3. The van der Waals surface area contributed by atoms with E-state index >= 15 is 0 Å². The average Bonchev–Trinajstić information content (AvgIpc) is 2.50. The van der Waals surface area contributed by atoms with Gasteiger partial charge in [0.05, 0.1) is 12.7 Å². The van der Waals surface area contributed by atoms with Gasteiger partial charge in [-0.25, -0.2) is 0 Å². The van der Waals surface area contributed by atoms with Crippen LogP contribution >= 0.6 is 0 Å². The Balaban J connectivity index is 2.44. The van der Waals surface area contributed by atoms with Crippen molar-refractivity contribution in [2.75, 3.05) is 13.2 Å². The molecule has 0 aromatic rings. The molecule has 1 rings (SSSR count). The van der Waals surface area contributed by atoms with Gasteiger partial charge in [-0.15, -0.1) is 0 Å². The van der Waals surface area contributed by atoms with Crippen LogP contribution in [0.5, 0.6) is 0 Å². The Hall–Kier alpha value is -0.340. The van der Waals surface area contributed by atoms with Gasteiger partial charge in [-0.05, 0) is 12.8 Å². The van der Waals surface area contributed by atoms with Crippen molar-refractivity contribution in [3.8, 4) is 0 Å². The minimum atomic E-state index is -5.47. The van der Waals surface area contributed by atoms with Gasteiger partial charge in [0.2, 0.25) is 0 Å². The second-order valence-electron chi connectivity index (χ2n) is 2.82. The molecule has 1 aliphatic heterocycles. The molecule has 0 N–H and O–H groups in total. The quantitative estimate of drug-likeness (QED) is 0.540. The Morgan fingerprint density at radius 3 is 2.50 bits per heavy atom. The summed E-state index contributed by atoms with van der Waals surface area (Å²) >= 11 is 0. The molecular weight excluding hydrogens is 225 g/mol. The molecule has 1 fully saturated rings. The summed E-state index contributed by atoms with van der Waals surface area (Å²) in [7, 11) is -5.47. The standard InChI is InChI=1S/C6H9F3O4S/c7-6(8,9)14(10,11)13-4-5-2-1-3-12-5/h5H,1-4H2/t5-/m1/s1. The highest BCUT2D eigenvalue weighted by Crippen LogP contribution is 2.25. The maximum absolute atomic E-state index is 11.8. The molecule has 0 aliphatic carbocycles. The Kier molecular flexibility index (Phi) is 3.38. The molecule has 1 aliphatic rings. The van der Waals surface area contributed by atoms with Gasteiger partial charge in [0, 0.05) is 6.61 Å². The summed E-state index contributed by atoms with van der Waals surface area (Å²) in [4.78, 5) is 0. The molecule has 8 heteroatoms. The zero-order valence-electron chi connectivity index (χ0n) is 7.08. The Bertz CT molecular complexity index is 278. The normalized spacial score (nSPS) is 24.1. The van der Waals surface area contributed by atoms with Crippen molar-refractivity contribution >= 4 is 10.1 Å². The SMILES string of the molecule is O=S(=O)(OC[C@H]1CCCO1)C(F)(F)F. The maximum atomic E-state index is 11.8. The summed E-state index contributed by atoms with van der Waals surface area (Å²) in [6, 6.07) is 0. The van der Waals surface area contributed by atoms with Gasteiger partial charge >= 0.3 is 15.6 Å². The fourth-order valence-corrected chi connectivity index (χ4v) is 1.47. The van der Waals surface area contributed by atoms with Crippen LogP contribution in [-0.4, -0.2) is 33.2 Å². The van der Waals surface area contributed by atoms with Crippen molar-refractivity contribution in [3.63, 3.8) is 0 Å². The van der Waals surface area contributed by atoms with Crippen LogP contribution in [0.25, 0.3) is 0 Å². The van der Waals surface area contributed by atoms with E-state index in [-0.39, 0.29) is 0 Å². The monoisotopic (exact) mass is 234 g/mol. The lowest BCUT2D eigenvalue weighted by Gasteiger charge is -2.11. The van der Waals surface area contributed by atoms with Gasteiger partial charge in [-0.3, -0.25) is 4.18 Å². The predicted molar refractivity (Wildman–Crippen MR) is 39.9 cm³/mol. The van der Waals surface area contributed by atoms with E-state index in [2.05, 4.69) is 4.18 Å². The molecular formula is C6H9F3O4S. The van der Waals surface area contributed by atoms with Crippen molar-refractivity contribution < 1.29 is 30.5 Å². The summed E-state index contributed by atoms with van der Waals surface area (Å²) in [5.74, 6) is 0. The summed E-state index contributed by atoms with van der Waals surface area (Å²) in [5.41, 5.74) is -5.36. The number of hydrogen-bond acceptors (Lipinski definition) is 4. The first-order valence-corrected chi connectivity index (χ1v) is 5.31. The molecule has 1 saturated heterocycles. The van der Waals surface area contributed by atoms with Crippen LogP contribution in [0.4, 0.5) is 13.2 Å². The molecule has 0 aromatic carbocycles. The first-order valence-electron chi connectivity index (χ1n) is 3.90. The summed E-state index contributed by atoms with van der Waals surface area (Å²) in [6.45, 7) is -0.137. The van der Waals surface area contributed by atoms with Gasteiger partial charge in [-0.2, -0.15) is 21.6 Å². The molecule has 0 radical (unpaired) electrons. The highest BCUT2D eigenvalue weighted by Gasteiger charge is 2.47. The second kappa shape index (κ2) is 4.03. The first kappa shape index (κ1) is 11.7. The Morgan fingerprint density at radius 1 is 1.43 bits per heavy atom. The summed E-state index contributed by atoms with van der Waals surface area (Å²) in [6.07, 6.45) is 0.681. The minimum absolute atomic E-state index is 0.431. The molecule has 0 saturated carbocycles. The summed E-state index contributed by atoms with van der Waals surface area (Å²) < 4.78 is 64.8. The molecule has 0 aromatic heterocycles. The van der Waals surface area contributed by atoms with Crippen molar-refractivity contribution in [1.29, 1.82) is 0 Å². The molecule has 84 valence electrons. The fraction of sp³-hybridized carbons (Fsp3) is 1.00. The van der Waals surface area contributed by atoms with E-state index in [1.165, 1.54) is 0 Å². The zero-order chi connectivity index (χ0) is 10.8. The van der Waals surface area contributed by atoms with Crippen molar-refractivity contribution in [3.05, 3.63) is 0 Å². The lowest BCUT2D eigenvalue weighted by atomic mass is 10.2. The summed E-state index contributed by atoms with van der Waals surface area (Å²) in [5, 5.41) is 0. The Labute approximate surface area is 79.1 Å². The van der Waals surface area contributed by atoms with Crippen LogP contribution in [0.2, 0.25) is 0 Å². The number of ether oxygens (including phenoxy) is 1. The number of halogens is 3. The van der Waals surface area contributed by atoms with E-state index < -0.39 is 28.3 Å². The third-order valence-corrected chi connectivity index (χ3v) is 2.73. The van der Waals surface area contributed by atoms with Gasteiger partial charge < -0.3 is 4.74 Å². The van der Waals surface area contributed by atoms with Crippen molar-refractivity contribution in [2.45, 2.75) is 24.5 Å². The van der Waals surface area contributed by atoms with E-state index in [1.807, 2.05) is 0 Å². The van der Waals surface area contributed by atoms with E-state index in [0.717, 1.165) is 0 Å². The van der Waals surface area contributed by atoms with Crippen LogP contribution in [0, 0.1) is 0 Å². The molecule has 0 amide bonds. The largest absolute Gasteiger partial charge is 0.523 e. The van der Waals surface area contributed by atoms with E-state index in [0.29, 0.717) is 19.4 Å². The number of rotatable bonds is 3. The predicted octanol–water partition coefficient (Wildman–Crippen LogP) is 1.03. The van der Waals surface area contributed by atoms with Gasteiger partial charge in [-0.1, -0.05) is 0 Å². The maximum Gasteiger partial charge on any atom is 0.523 e. The van der Waals surface area contributed by atoms with Crippen LogP contribution in [-0.2, 0) is 19.0 Å². The molecule has 14 heavy (non-hydrogen) atoms. The number of hydrogen-bond donors (Lipinski definition) is 0. The zero-order valence-corrected chi connectivity index (χ0v) is 7.90. The smallest absolute Gasteiger partial charge is 0.376 e. The third-order valence-electron chi connectivity index (χ3n) is 1.72. The molecule has 0 bridgehead atoms. The molecule has 4 nitrogen and oxygen atoms in total. The van der Waals surface area contributed by atoms with E-state index in [9.17, 15) is 21.6 Å². The van der Waals surface area contributed by atoms with Gasteiger partial charge in [0.25, 0.3) is 0 Å². The van der Waals surface area contributed by atoms with Gasteiger partial charge in [0.15, 0.2) is 0 Å². The van der Waals surface area contributed by atoms with E-state index in [4.69, 9.17) is 4.74 Å². The molecule has 0 spiro atoms. The lowest BCUT2D eigenvalue weighted by molar-refractivity contribution is -0.0569. The average molecular weight is 234 g/mol. The first-order chi connectivity index (χ1) is 6.33. The molecule has 1 heterocycles. The van der Waals surface area contributed by atoms with E-state index in [1.54, 1.807) is 0 Å². The third kappa shape index (κ3) is 2.82. The van der Waals surface area contributed by atoms with Crippen LogP contribution < -0.4 is 0 Å². The van der Waals surface area contributed by atoms with Crippen LogP contribution in [0.1, 0.15) is 12.8 Å². The highest BCUT2D eigenvalue weighted by atomic mass is 32.2. The molecule has 1 atom stereocenters. The van der Waals surface area contributed by atoms with Crippen molar-refractivity contribution in [2.24, 2.45) is 0 Å². The van der Waals surface area contributed by atoms with Crippen LogP contribution in [0.3, 0.4) is 0 Å². The fourth-order valence-electron chi connectivity index (χ4n) is 1.01. The lowest BCUT2D eigenvalue weighted by Crippen LogP contribution is -2.28. The van der Waals surface area contributed by atoms with Gasteiger partial charge in [0.1, 0.15) is 0 Å². The highest BCUT2D eigenvalue weighted by molar-refractivity contribution is 7.87. The minimum Gasteiger partial charge on any atom is -0.376 e. The van der Waals surface area contributed by atoms with Crippen molar-refractivity contribution in [1.82, 2.24) is 0 Å². The topological polar surface area (TPSA) is 52.6 Å². The van der Waals surface area contributed by atoms with Crippen LogP contribution in [0.15, 0.2) is 0 Å². The molecule has 0 unspecified atom stereocenters. The second-order valence-corrected chi connectivity index (χ2v) is 4.43.